The van der Waals surface area contributed by atoms with E-state index in [1.165, 1.54) is 29.4 Å². The van der Waals surface area contributed by atoms with Crippen LogP contribution in [0, 0.1) is 17.0 Å². The summed E-state index contributed by atoms with van der Waals surface area (Å²) in [7, 11) is -3.67. The molecule has 2 N–H and O–H groups in total. The second-order valence-electron chi connectivity index (χ2n) is 4.24. The third kappa shape index (κ3) is 1.98. The van der Waals surface area contributed by atoms with Crippen LogP contribution >= 0.6 is 0 Å². The van der Waals surface area contributed by atoms with Crippen molar-refractivity contribution in [1.29, 1.82) is 0 Å². The molecule has 0 radical (unpaired) electrons. The molecule has 1 aromatic rings. The highest BCUT2D eigenvalue weighted by molar-refractivity contribution is 7.89. The Labute approximate surface area is 104 Å². The number of nitrogens with zero attached hydrogens (tertiary/aromatic N) is 2. The van der Waals surface area contributed by atoms with E-state index in [2.05, 4.69) is 0 Å². The first-order valence-electron chi connectivity index (χ1n) is 5.34. The Balaban J connectivity index is 2.46. The zero-order valence-electron chi connectivity index (χ0n) is 9.74. The van der Waals surface area contributed by atoms with E-state index in [-0.39, 0.29) is 35.3 Å². The highest BCUT2D eigenvalue weighted by Gasteiger charge is 2.36. The van der Waals surface area contributed by atoms with Gasteiger partial charge in [-0.1, -0.05) is 6.07 Å². The summed E-state index contributed by atoms with van der Waals surface area (Å²) >= 11 is 0. The number of nitro groups is 1. The fourth-order valence-electron chi connectivity index (χ4n) is 1.89. The third-order valence-corrected chi connectivity index (χ3v) is 4.92. The predicted molar refractivity (Wildman–Crippen MR) is 64.6 cm³/mol. The number of nitrogens with two attached hydrogens (primary N) is 1. The molecule has 2 rings (SSSR count). The van der Waals surface area contributed by atoms with Crippen LogP contribution in [-0.2, 0) is 10.0 Å². The normalized spacial score (nSPS) is 17.4. The molecule has 0 amide bonds. The van der Waals surface area contributed by atoms with Crippen LogP contribution in [0.2, 0.25) is 0 Å². The molecule has 1 heterocycles. The van der Waals surface area contributed by atoms with Crippen molar-refractivity contribution < 1.29 is 13.3 Å². The molecular formula is C10H13N3O4S. The first-order chi connectivity index (χ1) is 8.34. The molecule has 0 spiro atoms. The molecule has 0 aromatic heterocycles. The number of rotatable bonds is 3. The summed E-state index contributed by atoms with van der Waals surface area (Å²) in [6.07, 6.45) is 0. The molecule has 1 aliphatic heterocycles. The van der Waals surface area contributed by atoms with Crippen LogP contribution in [0.4, 0.5) is 5.69 Å². The summed E-state index contributed by atoms with van der Waals surface area (Å²) in [5.74, 6) is 0. The minimum atomic E-state index is -3.67. The Bertz CT molecular complexity index is 593. The van der Waals surface area contributed by atoms with Gasteiger partial charge in [0.1, 0.15) is 0 Å². The van der Waals surface area contributed by atoms with Crippen LogP contribution in [0.1, 0.15) is 5.56 Å². The lowest BCUT2D eigenvalue weighted by atomic mass is 10.2. The van der Waals surface area contributed by atoms with Gasteiger partial charge in [-0.05, 0) is 13.0 Å². The maximum atomic E-state index is 12.2. The summed E-state index contributed by atoms with van der Waals surface area (Å²) in [5.41, 5.74) is 5.51. The smallest absolute Gasteiger partial charge is 0.273 e. The first-order valence-corrected chi connectivity index (χ1v) is 6.78. The van der Waals surface area contributed by atoms with Gasteiger partial charge in [0.05, 0.1) is 9.82 Å². The first kappa shape index (κ1) is 12.9. The second-order valence-corrected chi connectivity index (χ2v) is 6.15. The second kappa shape index (κ2) is 4.30. The van der Waals surface area contributed by atoms with Crippen molar-refractivity contribution in [2.75, 3.05) is 13.1 Å². The average Bonchev–Trinajstić information content (AvgIpc) is 2.24. The Kier molecular flexibility index (Phi) is 3.09. The van der Waals surface area contributed by atoms with E-state index in [0.29, 0.717) is 0 Å². The molecule has 1 aliphatic rings. The number of sulfonamides is 1. The van der Waals surface area contributed by atoms with Crippen molar-refractivity contribution >= 4 is 15.7 Å². The van der Waals surface area contributed by atoms with Crippen LogP contribution in [0.15, 0.2) is 23.1 Å². The minimum Gasteiger partial charge on any atom is -0.325 e. The number of hydrogen-bond donors (Lipinski definition) is 1. The number of nitro benzene ring substituents is 1. The molecular weight excluding hydrogens is 258 g/mol. The van der Waals surface area contributed by atoms with Crippen LogP contribution in [0.25, 0.3) is 0 Å². The van der Waals surface area contributed by atoms with Gasteiger partial charge in [0.15, 0.2) is 0 Å². The van der Waals surface area contributed by atoms with Gasteiger partial charge in [0.2, 0.25) is 10.0 Å². The fraction of sp³-hybridized carbons (Fsp3) is 0.400. The average molecular weight is 271 g/mol. The standard InChI is InChI=1S/C10H13N3O4S/c1-7-9(13(14)15)3-2-4-10(7)18(16,17)12-5-8(11)6-12/h2-4,8H,5-6,11H2,1H3. The minimum absolute atomic E-state index is 0.0244. The lowest BCUT2D eigenvalue weighted by molar-refractivity contribution is -0.385. The van der Waals surface area contributed by atoms with Crippen molar-refractivity contribution in [1.82, 2.24) is 4.31 Å². The largest absolute Gasteiger partial charge is 0.325 e. The Morgan fingerprint density at radius 1 is 1.44 bits per heavy atom. The molecule has 8 heteroatoms. The maximum absolute atomic E-state index is 12.2. The molecule has 1 aromatic carbocycles. The number of hydrogen-bond acceptors (Lipinski definition) is 5. The maximum Gasteiger partial charge on any atom is 0.273 e. The van der Waals surface area contributed by atoms with Crippen LogP contribution in [0.3, 0.4) is 0 Å². The third-order valence-electron chi connectivity index (χ3n) is 2.95. The predicted octanol–water partition coefficient (Wildman–Crippen LogP) is 0.235. The van der Waals surface area contributed by atoms with Crippen molar-refractivity contribution in [3.05, 3.63) is 33.9 Å². The monoisotopic (exact) mass is 271 g/mol. The zero-order chi connectivity index (χ0) is 13.5. The van der Waals surface area contributed by atoms with Crippen LogP contribution in [-0.4, -0.2) is 36.8 Å². The SMILES string of the molecule is Cc1c([N+](=O)[O-])cccc1S(=O)(=O)N1CC(N)C1. The summed E-state index contributed by atoms with van der Waals surface area (Å²) in [6, 6.07) is 3.88. The molecule has 98 valence electrons. The van der Waals surface area contributed by atoms with E-state index in [9.17, 15) is 18.5 Å². The molecule has 0 atom stereocenters. The molecule has 0 saturated carbocycles. The van der Waals surface area contributed by atoms with Crippen LogP contribution in [0.5, 0.6) is 0 Å². The summed E-state index contributed by atoms with van der Waals surface area (Å²) in [6.45, 7) is 1.94. The molecule has 7 nitrogen and oxygen atoms in total. The Morgan fingerprint density at radius 3 is 2.56 bits per heavy atom. The van der Waals surface area contributed by atoms with Crippen molar-refractivity contribution in [3.8, 4) is 0 Å². The van der Waals surface area contributed by atoms with Gasteiger partial charge in [-0.15, -0.1) is 0 Å². The highest BCUT2D eigenvalue weighted by Crippen LogP contribution is 2.28. The Morgan fingerprint density at radius 2 is 2.06 bits per heavy atom. The molecule has 1 saturated heterocycles. The van der Waals surface area contributed by atoms with Gasteiger partial charge in [0.25, 0.3) is 5.69 Å². The van der Waals surface area contributed by atoms with Gasteiger partial charge < -0.3 is 5.73 Å². The van der Waals surface area contributed by atoms with Gasteiger partial charge in [-0.3, -0.25) is 10.1 Å². The Hall–Kier alpha value is -1.51. The van der Waals surface area contributed by atoms with E-state index in [1.807, 2.05) is 0 Å². The zero-order valence-corrected chi connectivity index (χ0v) is 10.6. The van der Waals surface area contributed by atoms with E-state index in [1.54, 1.807) is 0 Å². The van der Waals surface area contributed by atoms with Crippen LogP contribution < -0.4 is 5.73 Å². The van der Waals surface area contributed by atoms with E-state index in [4.69, 9.17) is 5.73 Å². The van der Waals surface area contributed by atoms with E-state index >= 15 is 0 Å². The highest BCUT2D eigenvalue weighted by atomic mass is 32.2. The van der Waals surface area contributed by atoms with Gasteiger partial charge >= 0.3 is 0 Å². The van der Waals surface area contributed by atoms with Crippen molar-refractivity contribution in [2.24, 2.45) is 5.73 Å². The van der Waals surface area contributed by atoms with Gasteiger partial charge in [0, 0.05) is 30.8 Å². The summed E-state index contributed by atoms with van der Waals surface area (Å²) in [4.78, 5) is 10.2. The summed E-state index contributed by atoms with van der Waals surface area (Å²) in [5, 5.41) is 10.8. The molecule has 0 aliphatic carbocycles. The fourth-order valence-corrected chi connectivity index (χ4v) is 3.68. The molecule has 18 heavy (non-hydrogen) atoms. The van der Waals surface area contributed by atoms with E-state index in [0.717, 1.165) is 0 Å². The van der Waals surface area contributed by atoms with E-state index < -0.39 is 14.9 Å². The quantitative estimate of drug-likeness (QED) is 0.625. The van der Waals surface area contributed by atoms with Crippen molar-refractivity contribution in [2.45, 2.75) is 17.9 Å². The summed E-state index contributed by atoms with van der Waals surface area (Å²) < 4.78 is 25.6. The lowest BCUT2D eigenvalue weighted by Crippen LogP contribution is -2.57. The van der Waals surface area contributed by atoms with Gasteiger partial charge in [-0.25, -0.2) is 8.42 Å². The van der Waals surface area contributed by atoms with Gasteiger partial charge in [-0.2, -0.15) is 4.31 Å². The van der Waals surface area contributed by atoms with Crippen molar-refractivity contribution in [3.63, 3.8) is 0 Å². The topological polar surface area (TPSA) is 107 Å². The molecule has 0 bridgehead atoms. The number of benzene rings is 1. The molecule has 1 fully saturated rings. The molecule has 0 unspecified atom stereocenters. The lowest BCUT2D eigenvalue weighted by Gasteiger charge is -2.35.